The molecule has 1 aromatic heterocycles. The van der Waals surface area contributed by atoms with Crippen LogP contribution in [0.25, 0.3) is 21.7 Å². The Kier molecular flexibility index (Phi) is 3.40. The summed E-state index contributed by atoms with van der Waals surface area (Å²) in [7, 11) is 0. The lowest BCUT2D eigenvalue weighted by molar-refractivity contribution is 1.06. The number of nitrogens with zero attached hydrogens (tertiary/aromatic N) is 3. The van der Waals surface area contributed by atoms with Gasteiger partial charge >= 0.3 is 0 Å². The molecule has 0 amide bonds. The van der Waals surface area contributed by atoms with Crippen LogP contribution >= 0.6 is 11.8 Å². The summed E-state index contributed by atoms with van der Waals surface area (Å²) >= 11 is 1.79. The van der Waals surface area contributed by atoms with Crippen LogP contribution in [0.15, 0.2) is 101 Å². The van der Waals surface area contributed by atoms with E-state index in [0.29, 0.717) is 5.95 Å². The van der Waals surface area contributed by atoms with Crippen molar-refractivity contribution >= 4 is 50.8 Å². The molecule has 4 aromatic carbocycles. The number of rotatable bonds is 1. The molecule has 132 valence electrons. The maximum atomic E-state index is 5.03. The Morgan fingerprint density at radius 1 is 0.643 bits per heavy atom. The summed E-state index contributed by atoms with van der Waals surface area (Å²) in [5.41, 5.74) is 3.22. The van der Waals surface area contributed by atoms with Crippen molar-refractivity contribution in [3.8, 4) is 0 Å². The maximum Gasteiger partial charge on any atom is 0.235 e. The smallest absolute Gasteiger partial charge is 0.235 e. The first-order valence-electron chi connectivity index (χ1n) is 9.19. The van der Waals surface area contributed by atoms with Crippen molar-refractivity contribution in [2.75, 3.05) is 4.90 Å². The lowest BCUT2D eigenvalue weighted by atomic mass is 10.1. The Labute approximate surface area is 166 Å². The lowest BCUT2D eigenvalue weighted by Crippen LogP contribution is -2.17. The topological polar surface area (TPSA) is 29.0 Å². The summed E-state index contributed by atoms with van der Waals surface area (Å²) in [4.78, 5) is 14.4. The number of para-hydroxylation sites is 2. The third kappa shape index (κ3) is 2.31. The van der Waals surface area contributed by atoms with Crippen molar-refractivity contribution in [1.82, 2.24) is 9.97 Å². The zero-order chi connectivity index (χ0) is 18.5. The van der Waals surface area contributed by atoms with E-state index in [-0.39, 0.29) is 0 Å². The van der Waals surface area contributed by atoms with Crippen LogP contribution in [-0.4, -0.2) is 9.97 Å². The molecule has 0 radical (unpaired) electrons. The number of hydrogen-bond donors (Lipinski definition) is 0. The summed E-state index contributed by atoms with van der Waals surface area (Å²) < 4.78 is 0. The van der Waals surface area contributed by atoms with Gasteiger partial charge in [-0.1, -0.05) is 72.4 Å². The molecule has 4 heteroatoms. The molecule has 0 atom stereocenters. The minimum Gasteiger partial charge on any atom is -0.277 e. The van der Waals surface area contributed by atoms with Gasteiger partial charge in [0.15, 0.2) is 0 Å². The molecule has 0 saturated carbocycles. The van der Waals surface area contributed by atoms with E-state index < -0.39 is 0 Å². The normalized spacial score (nSPS) is 12.8. The van der Waals surface area contributed by atoms with Crippen LogP contribution in [0.5, 0.6) is 0 Å². The first kappa shape index (κ1) is 15.7. The second kappa shape index (κ2) is 6.08. The van der Waals surface area contributed by atoms with Gasteiger partial charge in [0.05, 0.1) is 16.9 Å². The van der Waals surface area contributed by atoms with Crippen molar-refractivity contribution in [2.24, 2.45) is 0 Å². The van der Waals surface area contributed by atoms with Crippen molar-refractivity contribution < 1.29 is 0 Å². The Bertz CT molecular complexity index is 1320. The van der Waals surface area contributed by atoms with Crippen LogP contribution in [0.4, 0.5) is 17.3 Å². The quantitative estimate of drug-likeness (QED) is 0.298. The Balaban J connectivity index is 1.64. The van der Waals surface area contributed by atoms with Crippen LogP contribution in [0.1, 0.15) is 0 Å². The Morgan fingerprint density at radius 2 is 1.29 bits per heavy atom. The number of fused-ring (bicyclic) bond motifs is 5. The molecule has 0 bridgehead atoms. The highest BCUT2D eigenvalue weighted by atomic mass is 32.2. The fourth-order valence-corrected chi connectivity index (χ4v) is 4.84. The molecule has 2 heterocycles. The molecule has 1 aliphatic rings. The van der Waals surface area contributed by atoms with Gasteiger partial charge in [-0.25, -0.2) is 9.97 Å². The molecule has 0 spiro atoms. The van der Waals surface area contributed by atoms with Crippen molar-refractivity contribution in [3.05, 3.63) is 91.1 Å². The molecule has 3 nitrogen and oxygen atoms in total. The summed E-state index contributed by atoms with van der Waals surface area (Å²) in [5, 5.41) is 3.39. The van der Waals surface area contributed by atoms with Gasteiger partial charge in [-0.05, 0) is 29.7 Å². The number of aromatic nitrogens is 2. The molecule has 5 aromatic rings. The van der Waals surface area contributed by atoms with Crippen molar-refractivity contribution in [2.45, 2.75) is 9.79 Å². The van der Waals surface area contributed by atoms with Crippen LogP contribution in [0.2, 0.25) is 0 Å². The third-order valence-corrected chi connectivity index (χ3v) is 6.23. The fourth-order valence-electron chi connectivity index (χ4n) is 3.78. The van der Waals surface area contributed by atoms with Crippen molar-refractivity contribution in [3.63, 3.8) is 0 Å². The zero-order valence-corrected chi connectivity index (χ0v) is 15.7. The monoisotopic (exact) mass is 377 g/mol. The minimum atomic E-state index is 0.698. The van der Waals surface area contributed by atoms with E-state index in [1.807, 2.05) is 6.20 Å². The second-order valence-electron chi connectivity index (χ2n) is 6.77. The van der Waals surface area contributed by atoms with E-state index in [9.17, 15) is 0 Å². The first-order chi connectivity index (χ1) is 13.9. The SMILES string of the molecule is c1ccc2c(c1)Sc1ccccc1N2c1ncc2ccc3ccccc3c2n1. The van der Waals surface area contributed by atoms with Crippen LogP contribution in [-0.2, 0) is 0 Å². The van der Waals surface area contributed by atoms with Gasteiger partial charge in [-0.3, -0.25) is 4.90 Å². The van der Waals surface area contributed by atoms with Gasteiger partial charge < -0.3 is 0 Å². The van der Waals surface area contributed by atoms with E-state index in [4.69, 9.17) is 9.97 Å². The van der Waals surface area contributed by atoms with Gasteiger partial charge in [-0.2, -0.15) is 0 Å². The average Bonchev–Trinajstić information content (AvgIpc) is 2.77. The first-order valence-corrected chi connectivity index (χ1v) is 10.0. The van der Waals surface area contributed by atoms with Gasteiger partial charge in [0.25, 0.3) is 0 Å². The highest BCUT2D eigenvalue weighted by Gasteiger charge is 2.26. The molecule has 0 fully saturated rings. The van der Waals surface area contributed by atoms with Crippen LogP contribution < -0.4 is 4.90 Å². The Morgan fingerprint density at radius 3 is 2.07 bits per heavy atom. The zero-order valence-electron chi connectivity index (χ0n) is 14.9. The molecule has 6 rings (SSSR count). The molecule has 1 aliphatic heterocycles. The molecule has 0 unspecified atom stereocenters. The number of hydrogen-bond acceptors (Lipinski definition) is 4. The predicted molar refractivity (Wildman–Crippen MR) is 116 cm³/mol. The summed E-state index contributed by atoms with van der Waals surface area (Å²) in [6.45, 7) is 0. The summed E-state index contributed by atoms with van der Waals surface area (Å²) in [5.74, 6) is 0.698. The average molecular weight is 377 g/mol. The van der Waals surface area contributed by atoms with Gasteiger partial charge in [0.1, 0.15) is 0 Å². The standard InChI is InChI=1S/C24H15N3S/c1-2-8-18-16(7-1)13-14-17-15-25-24(26-23(17)18)27-19-9-3-5-11-21(19)28-22-12-6-4-10-20(22)27/h1-15H. The largest absolute Gasteiger partial charge is 0.277 e. The van der Waals surface area contributed by atoms with Gasteiger partial charge in [0, 0.05) is 26.8 Å². The molecule has 0 aliphatic carbocycles. The number of benzene rings is 4. The summed E-state index contributed by atoms with van der Waals surface area (Å²) in [6.07, 6.45) is 1.93. The highest BCUT2D eigenvalue weighted by Crippen LogP contribution is 2.50. The molecular weight excluding hydrogens is 362 g/mol. The Hall–Kier alpha value is -3.37. The van der Waals surface area contributed by atoms with E-state index in [0.717, 1.165) is 27.7 Å². The van der Waals surface area contributed by atoms with Gasteiger partial charge in [-0.15, -0.1) is 0 Å². The van der Waals surface area contributed by atoms with E-state index >= 15 is 0 Å². The molecule has 0 saturated heterocycles. The number of anilines is 3. The molecular formula is C24H15N3S. The van der Waals surface area contributed by atoms with Crippen molar-refractivity contribution in [1.29, 1.82) is 0 Å². The predicted octanol–water partition coefficient (Wildman–Crippen LogP) is 6.72. The highest BCUT2D eigenvalue weighted by molar-refractivity contribution is 7.99. The van der Waals surface area contributed by atoms with Crippen LogP contribution in [0, 0.1) is 0 Å². The fraction of sp³-hybridized carbons (Fsp3) is 0. The maximum absolute atomic E-state index is 5.03. The lowest BCUT2D eigenvalue weighted by Gasteiger charge is -2.31. The van der Waals surface area contributed by atoms with Gasteiger partial charge in [0.2, 0.25) is 5.95 Å². The van der Waals surface area contributed by atoms with E-state index in [1.54, 1.807) is 11.8 Å². The molecule has 0 N–H and O–H groups in total. The minimum absolute atomic E-state index is 0.698. The molecule has 28 heavy (non-hydrogen) atoms. The summed E-state index contributed by atoms with van der Waals surface area (Å²) in [6, 6.07) is 29.4. The van der Waals surface area contributed by atoms with E-state index in [1.165, 1.54) is 15.2 Å². The third-order valence-electron chi connectivity index (χ3n) is 5.09. The second-order valence-corrected chi connectivity index (χ2v) is 7.85. The van der Waals surface area contributed by atoms with E-state index in [2.05, 4.69) is 89.8 Å². The van der Waals surface area contributed by atoms with Crippen LogP contribution in [0.3, 0.4) is 0 Å².